The lowest BCUT2D eigenvalue weighted by Gasteiger charge is -2.31. The molecule has 2 rings (SSSR count). The molecule has 0 spiro atoms. The summed E-state index contributed by atoms with van der Waals surface area (Å²) in [5, 5.41) is 3.44. The number of nitrogens with zero attached hydrogens (tertiary/aromatic N) is 2. The van der Waals surface area contributed by atoms with Gasteiger partial charge in [-0.25, -0.2) is 4.98 Å². The normalized spacial score (nSPS) is 22.9. The minimum absolute atomic E-state index is 0.599. The second-order valence-electron chi connectivity index (χ2n) is 4.08. The molecule has 1 saturated heterocycles. The SMILES string of the molecule is C[C@H]1CN(Cc2ccc(Br)nc2)CCN1. The van der Waals surface area contributed by atoms with Crippen molar-refractivity contribution in [1.29, 1.82) is 0 Å². The second-order valence-corrected chi connectivity index (χ2v) is 4.89. The maximum Gasteiger partial charge on any atom is 0.106 e. The Labute approximate surface area is 99.0 Å². The Hall–Kier alpha value is -0.450. The van der Waals surface area contributed by atoms with Crippen molar-refractivity contribution in [3.05, 3.63) is 28.5 Å². The average Bonchev–Trinajstić information content (AvgIpc) is 2.22. The molecule has 3 nitrogen and oxygen atoms in total. The number of aromatic nitrogens is 1. The highest BCUT2D eigenvalue weighted by Gasteiger charge is 2.15. The number of halogens is 1. The Kier molecular flexibility index (Phi) is 3.72. The summed E-state index contributed by atoms with van der Waals surface area (Å²) in [5.74, 6) is 0. The van der Waals surface area contributed by atoms with E-state index < -0.39 is 0 Å². The molecular formula is C11H16BrN3. The highest BCUT2D eigenvalue weighted by atomic mass is 79.9. The van der Waals surface area contributed by atoms with E-state index >= 15 is 0 Å². The van der Waals surface area contributed by atoms with Gasteiger partial charge in [-0.1, -0.05) is 6.07 Å². The molecule has 1 aromatic rings. The van der Waals surface area contributed by atoms with Gasteiger partial charge in [-0.15, -0.1) is 0 Å². The van der Waals surface area contributed by atoms with E-state index in [9.17, 15) is 0 Å². The van der Waals surface area contributed by atoms with Crippen molar-refractivity contribution in [3.8, 4) is 0 Å². The lowest BCUT2D eigenvalue weighted by molar-refractivity contribution is 0.199. The first-order valence-electron chi connectivity index (χ1n) is 5.30. The number of piperazine rings is 1. The van der Waals surface area contributed by atoms with Crippen LogP contribution >= 0.6 is 15.9 Å². The summed E-state index contributed by atoms with van der Waals surface area (Å²) in [7, 11) is 0. The maximum absolute atomic E-state index is 4.24. The summed E-state index contributed by atoms with van der Waals surface area (Å²) in [6.45, 7) is 6.57. The van der Waals surface area contributed by atoms with Gasteiger partial charge in [-0.2, -0.15) is 0 Å². The van der Waals surface area contributed by atoms with Gasteiger partial charge in [0.15, 0.2) is 0 Å². The molecule has 1 aliphatic heterocycles. The van der Waals surface area contributed by atoms with Gasteiger partial charge < -0.3 is 5.32 Å². The molecule has 1 fully saturated rings. The third kappa shape index (κ3) is 3.26. The first-order chi connectivity index (χ1) is 7.24. The molecule has 1 atom stereocenters. The molecule has 0 unspecified atom stereocenters. The van der Waals surface area contributed by atoms with Crippen LogP contribution in [0.25, 0.3) is 0 Å². The molecule has 1 aromatic heterocycles. The van der Waals surface area contributed by atoms with Crippen molar-refractivity contribution in [2.75, 3.05) is 19.6 Å². The Morgan fingerprint density at radius 2 is 2.47 bits per heavy atom. The largest absolute Gasteiger partial charge is 0.312 e. The van der Waals surface area contributed by atoms with Crippen molar-refractivity contribution in [2.24, 2.45) is 0 Å². The molecule has 0 radical (unpaired) electrons. The van der Waals surface area contributed by atoms with E-state index in [-0.39, 0.29) is 0 Å². The molecule has 2 heterocycles. The third-order valence-corrected chi connectivity index (χ3v) is 3.12. The summed E-state index contributed by atoms with van der Waals surface area (Å²) in [6, 6.07) is 4.73. The van der Waals surface area contributed by atoms with E-state index in [2.05, 4.69) is 44.1 Å². The molecule has 4 heteroatoms. The predicted molar refractivity (Wildman–Crippen MR) is 64.7 cm³/mol. The quantitative estimate of drug-likeness (QED) is 0.828. The van der Waals surface area contributed by atoms with Crippen LogP contribution in [0.2, 0.25) is 0 Å². The zero-order chi connectivity index (χ0) is 10.7. The lowest BCUT2D eigenvalue weighted by Crippen LogP contribution is -2.48. The van der Waals surface area contributed by atoms with Crippen LogP contribution in [-0.4, -0.2) is 35.6 Å². The van der Waals surface area contributed by atoms with Crippen molar-refractivity contribution in [3.63, 3.8) is 0 Å². The van der Waals surface area contributed by atoms with E-state index in [0.717, 1.165) is 30.8 Å². The van der Waals surface area contributed by atoms with E-state index in [1.165, 1.54) is 5.56 Å². The molecule has 82 valence electrons. The minimum atomic E-state index is 0.599. The van der Waals surface area contributed by atoms with Gasteiger partial charge in [-0.05, 0) is 34.5 Å². The lowest BCUT2D eigenvalue weighted by atomic mass is 10.2. The fourth-order valence-electron chi connectivity index (χ4n) is 1.91. The van der Waals surface area contributed by atoms with Crippen molar-refractivity contribution >= 4 is 15.9 Å². The van der Waals surface area contributed by atoms with Gasteiger partial charge in [0.25, 0.3) is 0 Å². The van der Waals surface area contributed by atoms with Gasteiger partial charge in [0.2, 0.25) is 0 Å². The Bertz CT molecular complexity index is 312. The van der Waals surface area contributed by atoms with Gasteiger partial charge in [-0.3, -0.25) is 4.90 Å². The van der Waals surface area contributed by atoms with Crippen LogP contribution in [0.3, 0.4) is 0 Å². The number of pyridine rings is 1. The van der Waals surface area contributed by atoms with Crippen LogP contribution in [0.4, 0.5) is 0 Å². The molecule has 1 N–H and O–H groups in total. The van der Waals surface area contributed by atoms with Crippen LogP contribution in [0, 0.1) is 0 Å². The number of hydrogen-bond acceptors (Lipinski definition) is 3. The number of rotatable bonds is 2. The molecule has 0 aliphatic carbocycles. The van der Waals surface area contributed by atoms with E-state index in [0.29, 0.717) is 6.04 Å². The molecular weight excluding hydrogens is 254 g/mol. The molecule has 0 aromatic carbocycles. The minimum Gasteiger partial charge on any atom is -0.312 e. The topological polar surface area (TPSA) is 28.2 Å². The van der Waals surface area contributed by atoms with Crippen molar-refractivity contribution in [2.45, 2.75) is 19.5 Å². The second kappa shape index (κ2) is 5.05. The van der Waals surface area contributed by atoms with E-state index in [4.69, 9.17) is 0 Å². The fourth-order valence-corrected chi connectivity index (χ4v) is 2.15. The van der Waals surface area contributed by atoms with Crippen molar-refractivity contribution in [1.82, 2.24) is 15.2 Å². The fraction of sp³-hybridized carbons (Fsp3) is 0.545. The number of nitrogens with one attached hydrogen (secondary N) is 1. The summed E-state index contributed by atoms with van der Waals surface area (Å²) in [4.78, 5) is 6.70. The van der Waals surface area contributed by atoms with Gasteiger partial charge in [0, 0.05) is 38.4 Å². The standard InChI is InChI=1S/C11H16BrN3/c1-9-7-15(5-4-13-9)8-10-2-3-11(12)14-6-10/h2-3,6,9,13H,4-5,7-8H2,1H3/t9-/m0/s1. The van der Waals surface area contributed by atoms with Crippen LogP contribution in [0.15, 0.2) is 22.9 Å². The molecule has 0 amide bonds. The third-order valence-electron chi connectivity index (χ3n) is 2.65. The van der Waals surface area contributed by atoms with E-state index in [1.807, 2.05) is 12.3 Å². The zero-order valence-electron chi connectivity index (χ0n) is 8.91. The summed E-state index contributed by atoms with van der Waals surface area (Å²) in [5.41, 5.74) is 1.28. The first-order valence-corrected chi connectivity index (χ1v) is 6.09. The van der Waals surface area contributed by atoms with Gasteiger partial charge >= 0.3 is 0 Å². The van der Waals surface area contributed by atoms with E-state index in [1.54, 1.807) is 0 Å². The zero-order valence-corrected chi connectivity index (χ0v) is 10.5. The van der Waals surface area contributed by atoms with Gasteiger partial charge in [0.05, 0.1) is 0 Å². The molecule has 0 bridgehead atoms. The maximum atomic E-state index is 4.24. The summed E-state index contributed by atoms with van der Waals surface area (Å²) in [6.07, 6.45) is 1.94. The highest BCUT2D eigenvalue weighted by Crippen LogP contribution is 2.10. The molecule has 15 heavy (non-hydrogen) atoms. The Balaban J connectivity index is 1.93. The van der Waals surface area contributed by atoms with Gasteiger partial charge in [0.1, 0.15) is 4.60 Å². The summed E-state index contributed by atoms with van der Waals surface area (Å²) < 4.78 is 0.903. The predicted octanol–water partition coefficient (Wildman–Crippen LogP) is 1.64. The number of hydrogen-bond donors (Lipinski definition) is 1. The average molecular weight is 270 g/mol. The van der Waals surface area contributed by atoms with Crippen LogP contribution in [-0.2, 0) is 6.54 Å². The summed E-state index contributed by atoms with van der Waals surface area (Å²) >= 11 is 3.35. The van der Waals surface area contributed by atoms with Crippen molar-refractivity contribution < 1.29 is 0 Å². The smallest absolute Gasteiger partial charge is 0.106 e. The molecule has 1 aliphatic rings. The Morgan fingerprint density at radius 3 is 3.13 bits per heavy atom. The Morgan fingerprint density at radius 1 is 1.60 bits per heavy atom. The van der Waals surface area contributed by atoms with Crippen LogP contribution < -0.4 is 5.32 Å². The molecule has 0 saturated carbocycles. The highest BCUT2D eigenvalue weighted by molar-refractivity contribution is 9.10. The monoisotopic (exact) mass is 269 g/mol. The first kappa shape index (κ1) is 11.0. The van der Waals surface area contributed by atoms with Crippen LogP contribution in [0.1, 0.15) is 12.5 Å². The van der Waals surface area contributed by atoms with Crippen LogP contribution in [0.5, 0.6) is 0 Å².